The maximum absolute atomic E-state index is 10.8. The van der Waals surface area contributed by atoms with Crippen LogP contribution in [-0.2, 0) is 11.2 Å². The molecule has 0 spiro atoms. The summed E-state index contributed by atoms with van der Waals surface area (Å²) in [5.41, 5.74) is 0.991. The Bertz CT molecular complexity index is 274. The molecular formula is C7H9ClN2OS. The highest BCUT2D eigenvalue weighted by atomic mass is 35.5. The minimum absolute atomic E-state index is 0.0267. The van der Waals surface area contributed by atoms with Crippen LogP contribution in [0.5, 0.6) is 0 Å². The number of hydrogen-bond donors (Lipinski definition) is 1. The predicted octanol–water partition coefficient (Wildman–Crippen LogP) is 1.88. The number of nitrogens with one attached hydrogen (secondary N) is 1. The third-order valence-electron chi connectivity index (χ3n) is 1.28. The number of aryl methyl sites for hydroxylation is 1. The molecule has 66 valence electrons. The van der Waals surface area contributed by atoms with Crippen molar-refractivity contribution >= 4 is 34.0 Å². The molecule has 1 rings (SSSR count). The number of amides is 1. The minimum Gasteiger partial charge on any atom is -0.301 e. The highest BCUT2D eigenvalue weighted by molar-refractivity contribution is 7.13. The zero-order valence-corrected chi connectivity index (χ0v) is 8.21. The Hall–Kier alpha value is -0.610. The van der Waals surface area contributed by atoms with Crippen molar-refractivity contribution in [3.05, 3.63) is 11.1 Å². The summed E-state index contributed by atoms with van der Waals surface area (Å²) in [5.74, 6) is -0.241. The molecule has 5 heteroatoms. The lowest BCUT2D eigenvalue weighted by atomic mass is 10.4. The van der Waals surface area contributed by atoms with Crippen molar-refractivity contribution in [2.75, 3.05) is 11.2 Å². The van der Waals surface area contributed by atoms with Crippen LogP contribution in [0.4, 0.5) is 5.13 Å². The molecule has 0 fully saturated rings. The van der Waals surface area contributed by atoms with E-state index in [2.05, 4.69) is 10.3 Å². The first-order valence-corrected chi connectivity index (χ1v) is 4.98. The van der Waals surface area contributed by atoms with Gasteiger partial charge in [0.1, 0.15) is 5.88 Å². The van der Waals surface area contributed by atoms with Crippen LogP contribution in [0.2, 0.25) is 0 Å². The number of hydrogen-bond acceptors (Lipinski definition) is 3. The number of halogens is 1. The topological polar surface area (TPSA) is 42.0 Å². The van der Waals surface area contributed by atoms with Crippen molar-refractivity contribution in [2.45, 2.75) is 13.3 Å². The maximum atomic E-state index is 10.8. The van der Waals surface area contributed by atoms with E-state index in [1.807, 2.05) is 12.3 Å². The fourth-order valence-corrected chi connectivity index (χ4v) is 1.56. The number of thiazole rings is 1. The smallest absolute Gasteiger partial charge is 0.241 e. The summed E-state index contributed by atoms with van der Waals surface area (Å²) >= 11 is 6.72. The van der Waals surface area contributed by atoms with Gasteiger partial charge in [-0.05, 0) is 6.42 Å². The van der Waals surface area contributed by atoms with E-state index >= 15 is 0 Å². The summed E-state index contributed by atoms with van der Waals surface area (Å²) in [7, 11) is 0. The average Bonchev–Trinajstić information content (AvgIpc) is 2.52. The van der Waals surface area contributed by atoms with Crippen molar-refractivity contribution in [2.24, 2.45) is 0 Å². The van der Waals surface area contributed by atoms with E-state index < -0.39 is 0 Å². The van der Waals surface area contributed by atoms with Gasteiger partial charge >= 0.3 is 0 Å². The van der Waals surface area contributed by atoms with Gasteiger partial charge in [0.25, 0.3) is 0 Å². The molecule has 0 aliphatic carbocycles. The fraction of sp³-hybridized carbons (Fsp3) is 0.429. The average molecular weight is 205 g/mol. The monoisotopic (exact) mass is 204 g/mol. The van der Waals surface area contributed by atoms with Gasteiger partial charge in [-0.3, -0.25) is 4.79 Å². The van der Waals surface area contributed by atoms with Gasteiger partial charge < -0.3 is 5.32 Å². The molecule has 12 heavy (non-hydrogen) atoms. The van der Waals surface area contributed by atoms with Crippen LogP contribution in [0, 0.1) is 0 Å². The van der Waals surface area contributed by atoms with E-state index in [0.717, 1.165) is 12.1 Å². The van der Waals surface area contributed by atoms with Gasteiger partial charge in [-0.2, -0.15) is 0 Å². The molecule has 0 aliphatic heterocycles. The van der Waals surface area contributed by atoms with Crippen molar-refractivity contribution in [3.8, 4) is 0 Å². The summed E-state index contributed by atoms with van der Waals surface area (Å²) in [6, 6.07) is 0. The standard InChI is InChI=1S/C7H9ClN2OS/c1-2-5-4-12-7(9-5)10-6(11)3-8/h4H,2-3H2,1H3,(H,9,10,11). The lowest BCUT2D eigenvalue weighted by molar-refractivity contribution is -0.113. The molecule has 0 aromatic carbocycles. The second-order valence-corrected chi connectivity index (χ2v) is 3.30. The molecule has 0 unspecified atom stereocenters. The number of carbonyl (C=O) groups is 1. The zero-order chi connectivity index (χ0) is 8.97. The fourth-order valence-electron chi connectivity index (χ4n) is 0.679. The molecule has 3 nitrogen and oxygen atoms in total. The second kappa shape index (κ2) is 4.42. The Morgan fingerprint density at radius 2 is 2.58 bits per heavy atom. The highest BCUT2D eigenvalue weighted by Gasteiger charge is 2.03. The molecule has 1 aromatic rings. The van der Waals surface area contributed by atoms with E-state index in [1.165, 1.54) is 11.3 Å². The molecule has 1 N–H and O–H groups in total. The quantitative estimate of drug-likeness (QED) is 0.764. The van der Waals surface area contributed by atoms with Crippen molar-refractivity contribution in [1.29, 1.82) is 0 Å². The van der Waals surface area contributed by atoms with Crippen LogP contribution < -0.4 is 5.32 Å². The van der Waals surface area contributed by atoms with Crippen LogP contribution in [-0.4, -0.2) is 16.8 Å². The van der Waals surface area contributed by atoms with Gasteiger partial charge in [-0.15, -0.1) is 22.9 Å². The first-order valence-electron chi connectivity index (χ1n) is 3.56. The van der Waals surface area contributed by atoms with E-state index in [-0.39, 0.29) is 11.8 Å². The Balaban J connectivity index is 2.58. The van der Waals surface area contributed by atoms with Crippen LogP contribution in [0.25, 0.3) is 0 Å². The predicted molar refractivity (Wildman–Crippen MR) is 50.8 cm³/mol. The van der Waals surface area contributed by atoms with E-state index in [0.29, 0.717) is 5.13 Å². The summed E-state index contributed by atoms with van der Waals surface area (Å²) in [4.78, 5) is 14.9. The summed E-state index contributed by atoms with van der Waals surface area (Å²) < 4.78 is 0. The number of alkyl halides is 1. The maximum Gasteiger partial charge on any atom is 0.241 e. The van der Waals surface area contributed by atoms with Gasteiger partial charge in [0.2, 0.25) is 5.91 Å². The van der Waals surface area contributed by atoms with Crippen LogP contribution in [0.3, 0.4) is 0 Å². The Morgan fingerprint density at radius 1 is 1.83 bits per heavy atom. The Labute approximate surface area is 79.8 Å². The molecule has 1 aromatic heterocycles. The number of nitrogens with zero attached hydrogens (tertiary/aromatic N) is 1. The number of aromatic nitrogens is 1. The molecule has 0 aliphatic rings. The Kier molecular flexibility index (Phi) is 3.49. The van der Waals surface area contributed by atoms with Gasteiger partial charge in [-0.1, -0.05) is 6.92 Å². The lowest BCUT2D eigenvalue weighted by Crippen LogP contribution is -2.12. The summed E-state index contributed by atoms with van der Waals surface area (Å²) in [5, 5.41) is 5.13. The largest absolute Gasteiger partial charge is 0.301 e. The van der Waals surface area contributed by atoms with Crippen LogP contribution in [0.1, 0.15) is 12.6 Å². The van der Waals surface area contributed by atoms with E-state index in [9.17, 15) is 4.79 Å². The van der Waals surface area contributed by atoms with Crippen molar-refractivity contribution < 1.29 is 4.79 Å². The molecular weight excluding hydrogens is 196 g/mol. The van der Waals surface area contributed by atoms with Gasteiger partial charge in [0.05, 0.1) is 5.69 Å². The van der Waals surface area contributed by atoms with Gasteiger partial charge in [-0.25, -0.2) is 4.98 Å². The molecule has 0 saturated heterocycles. The normalized spacial score (nSPS) is 9.83. The summed E-state index contributed by atoms with van der Waals surface area (Å²) in [6.45, 7) is 2.02. The Morgan fingerprint density at radius 3 is 3.08 bits per heavy atom. The lowest BCUT2D eigenvalue weighted by Gasteiger charge is -1.94. The van der Waals surface area contributed by atoms with Crippen molar-refractivity contribution in [1.82, 2.24) is 4.98 Å². The van der Waals surface area contributed by atoms with Gasteiger partial charge in [0.15, 0.2) is 5.13 Å². The van der Waals surface area contributed by atoms with Crippen LogP contribution >= 0.6 is 22.9 Å². The molecule has 0 atom stereocenters. The van der Waals surface area contributed by atoms with E-state index in [1.54, 1.807) is 0 Å². The van der Waals surface area contributed by atoms with Crippen LogP contribution in [0.15, 0.2) is 5.38 Å². The molecule has 1 heterocycles. The molecule has 0 radical (unpaired) electrons. The molecule has 1 amide bonds. The molecule has 0 bridgehead atoms. The number of anilines is 1. The van der Waals surface area contributed by atoms with Crippen molar-refractivity contribution in [3.63, 3.8) is 0 Å². The number of carbonyl (C=O) groups excluding carboxylic acids is 1. The first kappa shape index (κ1) is 9.48. The zero-order valence-electron chi connectivity index (χ0n) is 6.63. The SMILES string of the molecule is CCc1csc(NC(=O)CCl)n1. The number of rotatable bonds is 3. The highest BCUT2D eigenvalue weighted by Crippen LogP contribution is 2.15. The van der Waals surface area contributed by atoms with Gasteiger partial charge in [0, 0.05) is 5.38 Å². The van der Waals surface area contributed by atoms with E-state index in [4.69, 9.17) is 11.6 Å². The second-order valence-electron chi connectivity index (χ2n) is 2.18. The third kappa shape index (κ3) is 2.46. The summed E-state index contributed by atoms with van der Waals surface area (Å²) in [6.07, 6.45) is 0.882. The first-order chi connectivity index (χ1) is 5.76. The minimum atomic E-state index is -0.214. The third-order valence-corrected chi connectivity index (χ3v) is 2.33. The molecule has 0 saturated carbocycles.